The fraction of sp³-hybridized carbons (Fsp3) is 0.750. The van der Waals surface area contributed by atoms with Crippen molar-refractivity contribution in [3.8, 4) is 0 Å². The second-order valence-electron chi connectivity index (χ2n) is 1.36. The van der Waals surface area contributed by atoms with Crippen molar-refractivity contribution in [2.45, 2.75) is 6.04 Å². The maximum atomic E-state index is 9.93. The van der Waals surface area contributed by atoms with Crippen LogP contribution in [0.2, 0.25) is 0 Å². The summed E-state index contributed by atoms with van der Waals surface area (Å²) in [7, 11) is 1.66. The number of rotatable bonds is 4. The van der Waals surface area contributed by atoms with Gasteiger partial charge in [0.15, 0.2) is 0 Å². The average molecular weight is 118 g/mol. The zero-order valence-corrected chi connectivity index (χ0v) is 4.76. The van der Waals surface area contributed by atoms with Crippen LogP contribution in [0.25, 0.3) is 0 Å². The molecule has 0 amide bonds. The molecule has 0 aliphatic rings. The summed E-state index contributed by atoms with van der Waals surface area (Å²) in [6.07, 6.45) is 0.743. The van der Waals surface area contributed by atoms with Gasteiger partial charge in [0, 0.05) is 0 Å². The van der Waals surface area contributed by atoms with Crippen molar-refractivity contribution in [3.63, 3.8) is 0 Å². The van der Waals surface area contributed by atoms with Crippen molar-refractivity contribution in [3.05, 3.63) is 0 Å². The maximum Gasteiger partial charge on any atom is 0.139 e. The van der Waals surface area contributed by atoms with E-state index in [2.05, 4.69) is 16.1 Å². The van der Waals surface area contributed by atoms with Crippen molar-refractivity contribution >= 4 is 6.29 Å². The van der Waals surface area contributed by atoms with Gasteiger partial charge in [0.25, 0.3) is 0 Å². The predicted octanol–water partition coefficient (Wildman–Crippen LogP) is -1.34. The van der Waals surface area contributed by atoms with Gasteiger partial charge >= 0.3 is 0 Å². The van der Waals surface area contributed by atoms with Gasteiger partial charge in [0.05, 0.1) is 12.6 Å². The molecule has 0 spiro atoms. The van der Waals surface area contributed by atoms with Crippen LogP contribution in [0, 0.1) is 0 Å². The van der Waals surface area contributed by atoms with Gasteiger partial charge in [-0.3, -0.25) is 0 Å². The zero-order chi connectivity index (χ0) is 6.41. The van der Waals surface area contributed by atoms with Crippen LogP contribution < -0.4 is 11.2 Å². The summed E-state index contributed by atoms with van der Waals surface area (Å²) in [6.45, 7) is 0.222. The first-order valence-electron chi connectivity index (χ1n) is 2.29. The number of nitrogens with one attached hydrogen (secondary N) is 1. The number of hydrogen-bond acceptors (Lipinski definition) is 4. The van der Waals surface area contributed by atoms with Crippen LogP contribution in [-0.2, 0) is 9.63 Å². The molecule has 1 atom stereocenters. The number of carbonyl (C=O) groups is 1. The van der Waals surface area contributed by atoms with Crippen LogP contribution in [0.3, 0.4) is 0 Å². The molecule has 0 fully saturated rings. The summed E-state index contributed by atoms with van der Waals surface area (Å²) < 4.78 is 0. The van der Waals surface area contributed by atoms with Gasteiger partial charge in [0.2, 0.25) is 0 Å². The lowest BCUT2D eigenvalue weighted by molar-refractivity contribution is -0.110. The molecule has 3 N–H and O–H groups in total. The number of aldehydes is 1. The molecule has 4 nitrogen and oxygen atoms in total. The van der Waals surface area contributed by atoms with Crippen LogP contribution in [0.15, 0.2) is 0 Å². The Balaban J connectivity index is 3.21. The number of hydrogen-bond donors (Lipinski definition) is 2. The zero-order valence-electron chi connectivity index (χ0n) is 4.76. The van der Waals surface area contributed by atoms with Crippen LogP contribution in [0.1, 0.15) is 0 Å². The molecule has 0 aromatic carbocycles. The first kappa shape index (κ1) is 7.55. The minimum absolute atomic E-state index is 0.222. The molecule has 0 aliphatic heterocycles. The topological polar surface area (TPSA) is 64.3 Å². The maximum absolute atomic E-state index is 9.93. The fourth-order valence-corrected chi connectivity index (χ4v) is 0.294. The Labute approximate surface area is 48.0 Å². The van der Waals surface area contributed by atoms with E-state index in [9.17, 15) is 4.79 Å². The van der Waals surface area contributed by atoms with Crippen molar-refractivity contribution in [1.82, 2.24) is 5.32 Å². The van der Waals surface area contributed by atoms with Gasteiger partial charge in [-0.2, -0.15) is 0 Å². The number of nitrogens with two attached hydrogens (primary N) is 1. The molecule has 0 aromatic heterocycles. The lowest BCUT2D eigenvalue weighted by atomic mass is 10.4. The molecule has 48 valence electrons. The Bertz CT molecular complexity index is 67.1. The molecule has 0 radical (unpaired) electrons. The van der Waals surface area contributed by atoms with Gasteiger partial charge in [-0.15, -0.1) is 0 Å². The first-order valence-corrected chi connectivity index (χ1v) is 2.29. The van der Waals surface area contributed by atoms with Crippen LogP contribution in [0.4, 0.5) is 0 Å². The summed E-state index contributed by atoms with van der Waals surface area (Å²) >= 11 is 0. The largest absolute Gasteiger partial charge is 0.309 e. The van der Waals surface area contributed by atoms with E-state index >= 15 is 0 Å². The van der Waals surface area contributed by atoms with Crippen molar-refractivity contribution in [2.75, 3.05) is 13.7 Å². The van der Waals surface area contributed by atoms with E-state index in [1.807, 2.05) is 0 Å². The molecule has 0 aromatic rings. The van der Waals surface area contributed by atoms with Crippen molar-refractivity contribution in [2.24, 2.45) is 5.90 Å². The molecular formula is C4H10N2O2. The predicted molar refractivity (Wildman–Crippen MR) is 29.1 cm³/mol. The molecule has 4 heteroatoms. The molecule has 0 bridgehead atoms. The standard InChI is InChI=1S/C4H10N2O2/c1-6-4(2-7)3-8-5/h2,4,6H,3,5H2,1H3/t4-/m1/s1. The van der Waals surface area contributed by atoms with Crippen molar-refractivity contribution in [1.29, 1.82) is 0 Å². The summed E-state index contributed by atoms with van der Waals surface area (Å²) in [6, 6.07) is -0.278. The van der Waals surface area contributed by atoms with E-state index in [0.29, 0.717) is 0 Å². The normalized spacial score (nSPS) is 13.2. The summed E-state index contributed by atoms with van der Waals surface area (Å²) in [5.74, 6) is 4.68. The number of likely N-dealkylation sites (N-methyl/N-ethyl adjacent to an activating group) is 1. The quantitative estimate of drug-likeness (QED) is 0.354. The van der Waals surface area contributed by atoms with Gasteiger partial charge < -0.3 is 14.9 Å². The van der Waals surface area contributed by atoms with Crippen LogP contribution in [0.5, 0.6) is 0 Å². The van der Waals surface area contributed by atoms with E-state index in [-0.39, 0.29) is 12.6 Å². The Kier molecular flexibility index (Phi) is 4.44. The van der Waals surface area contributed by atoms with Crippen LogP contribution in [-0.4, -0.2) is 26.0 Å². The Morgan fingerprint density at radius 2 is 2.62 bits per heavy atom. The Morgan fingerprint density at radius 1 is 2.00 bits per heavy atom. The third-order valence-corrected chi connectivity index (χ3v) is 0.811. The van der Waals surface area contributed by atoms with Gasteiger partial charge in [-0.1, -0.05) is 0 Å². The second-order valence-corrected chi connectivity index (χ2v) is 1.36. The van der Waals surface area contributed by atoms with Crippen molar-refractivity contribution < 1.29 is 9.63 Å². The van der Waals surface area contributed by atoms with E-state index < -0.39 is 0 Å². The van der Waals surface area contributed by atoms with Gasteiger partial charge in [0.1, 0.15) is 6.29 Å². The van der Waals surface area contributed by atoms with Gasteiger partial charge in [-0.25, -0.2) is 5.90 Å². The van der Waals surface area contributed by atoms with Gasteiger partial charge in [-0.05, 0) is 7.05 Å². The highest BCUT2D eigenvalue weighted by molar-refractivity contribution is 5.57. The van der Waals surface area contributed by atoms with Crippen LogP contribution >= 0.6 is 0 Å². The molecule has 0 saturated carbocycles. The molecule has 0 unspecified atom stereocenters. The van der Waals surface area contributed by atoms with E-state index in [1.54, 1.807) is 7.05 Å². The Morgan fingerprint density at radius 3 is 2.75 bits per heavy atom. The van der Waals surface area contributed by atoms with E-state index in [1.165, 1.54) is 0 Å². The molecule has 0 aliphatic carbocycles. The summed E-state index contributed by atoms with van der Waals surface area (Å²) in [5, 5.41) is 2.68. The smallest absolute Gasteiger partial charge is 0.139 e. The van der Waals surface area contributed by atoms with E-state index in [0.717, 1.165) is 6.29 Å². The highest BCUT2D eigenvalue weighted by Gasteiger charge is 1.99. The first-order chi connectivity index (χ1) is 3.85. The highest BCUT2D eigenvalue weighted by atomic mass is 16.6. The third-order valence-electron chi connectivity index (χ3n) is 0.811. The second kappa shape index (κ2) is 4.70. The number of carbonyl (C=O) groups excluding carboxylic acids is 1. The lowest BCUT2D eigenvalue weighted by Crippen LogP contribution is -2.32. The monoisotopic (exact) mass is 118 g/mol. The van der Waals surface area contributed by atoms with E-state index in [4.69, 9.17) is 0 Å². The molecule has 8 heavy (non-hydrogen) atoms. The Hall–Kier alpha value is -0.450. The fourth-order valence-electron chi connectivity index (χ4n) is 0.294. The third kappa shape index (κ3) is 2.68. The highest BCUT2D eigenvalue weighted by Crippen LogP contribution is 1.72. The SMILES string of the molecule is CN[C@H](C=O)CON. The summed E-state index contributed by atoms with van der Waals surface area (Å²) in [4.78, 5) is 14.1. The molecule has 0 heterocycles. The average Bonchev–Trinajstić information content (AvgIpc) is 1.83. The molecule has 0 saturated heterocycles. The minimum Gasteiger partial charge on any atom is -0.309 e. The lowest BCUT2D eigenvalue weighted by Gasteiger charge is -2.03. The molecule has 0 rings (SSSR count). The molecular weight excluding hydrogens is 108 g/mol. The minimum atomic E-state index is -0.278. The summed E-state index contributed by atoms with van der Waals surface area (Å²) in [5.41, 5.74) is 0.